The summed E-state index contributed by atoms with van der Waals surface area (Å²) in [6, 6.07) is 1.40. The van der Waals surface area contributed by atoms with Crippen LogP contribution in [0.15, 0.2) is 10.7 Å². The van der Waals surface area contributed by atoms with Crippen LogP contribution in [0.25, 0.3) is 0 Å². The third-order valence-corrected chi connectivity index (χ3v) is 3.33. The number of oxazole rings is 1. The van der Waals surface area contributed by atoms with Gasteiger partial charge in [0.2, 0.25) is 0 Å². The Balaban J connectivity index is 1.57. The average molecular weight is 237 g/mol. The number of hydrogen-bond donors (Lipinski definition) is 2. The molecule has 17 heavy (non-hydrogen) atoms. The molecule has 92 valence electrons. The Morgan fingerprint density at radius 2 is 2.35 bits per heavy atom. The molecule has 2 fully saturated rings. The summed E-state index contributed by atoms with van der Waals surface area (Å²) < 4.78 is 5.08. The van der Waals surface area contributed by atoms with Crippen LogP contribution < -0.4 is 5.32 Å². The topological polar surface area (TPSA) is 78.6 Å². The van der Waals surface area contributed by atoms with E-state index in [1.54, 1.807) is 0 Å². The molecule has 6 heteroatoms. The maximum Gasteiger partial charge on any atom is 0.357 e. The van der Waals surface area contributed by atoms with Crippen LogP contribution in [0.5, 0.6) is 0 Å². The Kier molecular flexibility index (Phi) is 2.51. The van der Waals surface area contributed by atoms with Gasteiger partial charge in [-0.1, -0.05) is 0 Å². The van der Waals surface area contributed by atoms with Crippen LogP contribution in [0.2, 0.25) is 0 Å². The fraction of sp³-hybridized carbons (Fsp3) is 0.636. The molecule has 1 aliphatic carbocycles. The molecule has 1 saturated heterocycles. The van der Waals surface area contributed by atoms with Crippen molar-refractivity contribution >= 4 is 12.0 Å². The molecule has 0 radical (unpaired) electrons. The Morgan fingerprint density at radius 3 is 3.00 bits per heavy atom. The number of aromatic nitrogens is 1. The second-order valence-electron chi connectivity index (χ2n) is 4.70. The molecule has 1 unspecified atom stereocenters. The highest BCUT2D eigenvalue weighted by molar-refractivity contribution is 5.85. The van der Waals surface area contributed by atoms with Gasteiger partial charge in [-0.15, -0.1) is 0 Å². The predicted octanol–water partition coefficient (Wildman–Crippen LogP) is 1.02. The first kappa shape index (κ1) is 10.6. The number of carbonyl (C=O) groups is 1. The number of rotatable bonds is 4. The molecule has 2 heterocycles. The van der Waals surface area contributed by atoms with E-state index in [1.807, 2.05) is 0 Å². The van der Waals surface area contributed by atoms with Crippen molar-refractivity contribution in [3.05, 3.63) is 12.0 Å². The monoisotopic (exact) mass is 237 g/mol. The Bertz CT molecular complexity index is 427. The van der Waals surface area contributed by atoms with Crippen molar-refractivity contribution in [3.8, 4) is 0 Å². The summed E-state index contributed by atoms with van der Waals surface area (Å²) in [5.41, 5.74) is -0.0513. The normalized spacial score (nSPS) is 25.1. The van der Waals surface area contributed by atoms with Crippen LogP contribution in [-0.4, -0.2) is 46.1 Å². The number of nitrogens with one attached hydrogen (secondary N) is 1. The Hall–Kier alpha value is -1.56. The van der Waals surface area contributed by atoms with E-state index in [2.05, 4.69) is 15.2 Å². The van der Waals surface area contributed by atoms with Gasteiger partial charge < -0.3 is 14.8 Å². The van der Waals surface area contributed by atoms with Crippen molar-refractivity contribution in [2.75, 3.05) is 18.4 Å². The molecule has 6 nitrogen and oxygen atoms in total. The average Bonchev–Trinajstić information content (AvgIpc) is 2.87. The van der Waals surface area contributed by atoms with Gasteiger partial charge in [0.15, 0.2) is 5.69 Å². The Labute approximate surface area is 98.6 Å². The summed E-state index contributed by atoms with van der Waals surface area (Å²) in [6.45, 7) is 2.10. The lowest BCUT2D eigenvalue weighted by Crippen LogP contribution is -2.27. The van der Waals surface area contributed by atoms with Crippen molar-refractivity contribution in [1.29, 1.82) is 0 Å². The predicted molar refractivity (Wildman–Crippen MR) is 60.1 cm³/mol. The van der Waals surface area contributed by atoms with Crippen molar-refractivity contribution < 1.29 is 14.3 Å². The maximum atomic E-state index is 10.6. The molecule has 2 aliphatic rings. The van der Waals surface area contributed by atoms with Gasteiger partial charge in [-0.25, -0.2) is 4.79 Å². The molecular formula is C11H15N3O3. The number of nitrogens with zero attached hydrogens (tertiary/aromatic N) is 2. The highest BCUT2D eigenvalue weighted by atomic mass is 16.4. The lowest BCUT2D eigenvalue weighted by molar-refractivity contribution is 0.0690. The van der Waals surface area contributed by atoms with Crippen molar-refractivity contribution in [2.45, 2.75) is 31.3 Å². The summed E-state index contributed by atoms with van der Waals surface area (Å²) in [7, 11) is 0. The zero-order valence-corrected chi connectivity index (χ0v) is 9.43. The van der Waals surface area contributed by atoms with E-state index in [0.29, 0.717) is 12.1 Å². The first-order valence-electron chi connectivity index (χ1n) is 5.92. The number of anilines is 1. The van der Waals surface area contributed by atoms with Gasteiger partial charge in [0.25, 0.3) is 6.01 Å². The number of likely N-dealkylation sites (tertiary alicyclic amines) is 1. The van der Waals surface area contributed by atoms with E-state index in [1.165, 1.54) is 12.8 Å². The summed E-state index contributed by atoms with van der Waals surface area (Å²) in [4.78, 5) is 17.0. The summed E-state index contributed by atoms with van der Waals surface area (Å²) in [6.07, 6.45) is 4.85. The second kappa shape index (κ2) is 4.03. The Morgan fingerprint density at radius 1 is 1.53 bits per heavy atom. The minimum absolute atomic E-state index is 0.0513. The van der Waals surface area contributed by atoms with Crippen LogP contribution in [0, 0.1) is 0 Å². The third-order valence-electron chi connectivity index (χ3n) is 3.33. The van der Waals surface area contributed by atoms with Crippen molar-refractivity contribution in [3.63, 3.8) is 0 Å². The summed E-state index contributed by atoms with van der Waals surface area (Å²) in [5.74, 6) is -1.06. The van der Waals surface area contributed by atoms with Gasteiger partial charge in [0.1, 0.15) is 6.26 Å². The van der Waals surface area contributed by atoms with E-state index < -0.39 is 5.97 Å². The van der Waals surface area contributed by atoms with Gasteiger partial charge in [-0.2, -0.15) is 4.98 Å². The molecule has 0 spiro atoms. The summed E-state index contributed by atoms with van der Waals surface area (Å²) >= 11 is 0. The molecule has 0 aromatic carbocycles. The van der Waals surface area contributed by atoms with E-state index in [-0.39, 0.29) is 5.69 Å². The largest absolute Gasteiger partial charge is 0.476 e. The summed E-state index contributed by atoms with van der Waals surface area (Å²) in [5, 5.41) is 11.9. The van der Waals surface area contributed by atoms with Crippen LogP contribution >= 0.6 is 0 Å². The van der Waals surface area contributed by atoms with E-state index >= 15 is 0 Å². The molecule has 0 amide bonds. The minimum Gasteiger partial charge on any atom is -0.476 e. The van der Waals surface area contributed by atoms with Gasteiger partial charge in [-0.3, -0.25) is 4.90 Å². The van der Waals surface area contributed by atoms with Crippen molar-refractivity contribution in [1.82, 2.24) is 9.88 Å². The van der Waals surface area contributed by atoms with Crippen LogP contribution in [0.4, 0.5) is 6.01 Å². The molecule has 2 N–H and O–H groups in total. The highest BCUT2D eigenvalue weighted by Crippen LogP contribution is 2.30. The number of aromatic carboxylic acids is 1. The fourth-order valence-electron chi connectivity index (χ4n) is 2.29. The van der Waals surface area contributed by atoms with Crippen LogP contribution in [-0.2, 0) is 0 Å². The van der Waals surface area contributed by atoms with E-state index in [9.17, 15) is 4.79 Å². The van der Waals surface area contributed by atoms with Crippen molar-refractivity contribution in [2.24, 2.45) is 0 Å². The van der Waals surface area contributed by atoms with Crippen LogP contribution in [0.1, 0.15) is 29.8 Å². The molecule has 0 bridgehead atoms. The zero-order chi connectivity index (χ0) is 11.8. The van der Waals surface area contributed by atoms with Gasteiger partial charge in [0, 0.05) is 25.2 Å². The zero-order valence-electron chi connectivity index (χ0n) is 9.43. The molecule has 1 atom stereocenters. The molecule has 3 rings (SSSR count). The van der Waals surface area contributed by atoms with E-state index in [0.717, 1.165) is 31.8 Å². The van der Waals surface area contributed by atoms with Gasteiger partial charge >= 0.3 is 5.97 Å². The number of carboxylic acids is 1. The number of hydrogen-bond acceptors (Lipinski definition) is 5. The molecular weight excluding hydrogens is 222 g/mol. The molecule has 1 aromatic heterocycles. The second-order valence-corrected chi connectivity index (χ2v) is 4.70. The smallest absolute Gasteiger partial charge is 0.357 e. The molecule has 1 aliphatic heterocycles. The first-order chi connectivity index (χ1) is 8.22. The quantitative estimate of drug-likeness (QED) is 0.814. The lowest BCUT2D eigenvalue weighted by atomic mass is 10.3. The molecule has 1 saturated carbocycles. The first-order valence-corrected chi connectivity index (χ1v) is 5.92. The standard InChI is InChI=1S/C11H15N3O3/c15-10(16)9-6-17-11(13-9)12-7-3-4-14(5-7)8-1-2-8/h6-8H,1-5H2,(H,12,13)(H,15,16). The van der Waals surface area contributed by atoms with Crippen LogP contribution in [0.3, 0.4) is 0 Å². The van der Waals surface area contributed by atoms with Gasteiger partial charge in [-0.05, 0) is 19.3 Å². The van der Waals surface area contributed by atoms with Gasteiger partial charge in [0.05, 0.1) is 0 Å². The lowest BCUT2D eigenvalue weighted by Gasteiger charge is -2.14. The minimum atomic E-state index is -1.06. The maximum absolute atomic E-state index is 10.6. The highest BCUT2D eigenvalue weighted by Gasteiger charge is 2.34. The fourth-order valence-corrected chi connectivity index (χ4v) is 2.29. The number of carboxylic acid groups (broad SMARTS) is 1. The third kappa shape index (κ3) is 2.26. The van der Waals surface area contributed by atoms with E-state index in [4.69, 9.17) is 9.52 Å². The molecule has 1 aromatic rings. The SMILES string of the molecule is O=C(O)c1coc(NC2CCN(C3CC3)C2)n1.